The highest BCUT2D eigenvalue weighted by atomic mass is 35.5. The second-order valence-corrected chi connectivity index (χ2v) is 5.95. The van der Waals surface area contributed by atoms with Crippen LogP contribution in [0.5, 0.6) is 0 Å². The Bertz CT molecular complexity index is 837. The highest BCUT2D eigenvalue weighted by Crippen LogP contribution is 2.25. The molecule has 0 radical (unpaired) electrons. The lowest BCUT2D eigenvalue weighted by molar-refractivity contribution is 0.147. The smallest absolute Gasteiger partial charge is 0.226 e. The largest absolute Gasteiger partial charge is 0.382 e. The lowest BCUT2D eigenvalue weighted by Crippen LogP contribution is -2.10. The first-order valence-corrected chi connectivity index (χ1v) is 8.59. The zero-order valence-corrected chi connectivity index (χ0v) is 16.3. The molecule has 0 aliphatic rings. The van der Waals surface area contributed by atoms with E-state index in [9.17, 15) is 0 Å². The van der Waals surface area contributed by atoms with Crippen molar-refractivity contribution in [1.82, 2.24) is 19.7 Å². The summed E-state index contributed by atoms with van der Waals surface area (Å²) in [5, 5.41) is 12.4. The van der Waals surface area contributed by atoms with Crippen LogP contribution in [0.15, 0.2) is 30.5 Å². The number of nitrogens with zero attached hydrogens (tertiary/aromatic N) is 4. The van der Waals surface area contributed by atoms with Crippen molar-refractivity contribution in [2.45, 2.75) is 13.3 Å². The van der Waals surface area contributed by atoms with Crippen LogP contribution in [0.3, 0.4) is 0 Å². The number of halogens is 2. The van der Waals surface area contributed by atoms with Crippen LogP contribution >= 0.6 is 24.0 Å². The summed E-state index contributed by atoms with van der Waals surface area (Å²) in [6.45, 7) is 4.17. The van der Waals surface area contributed by atoms with Crippen molar-refractivity contribution in [3.05, 3.63) is 35.5 Å². The molecule has 7 nitrogen and oxygen atoms in total. The number of nitrogens with one attached hydrogen (secondary N) is 2. The van der Waals surface area contributed by atoms with E-state index in [1.165, 1.54) is 0 Å². The summed E-state index contributed by atoms with van der Waals surface area (Å²) in [5.41, 5.74) is 1.66. The van der Waals surface area contributed by atoms with Crippen molar-refractivity contribution in [3.63, 3.8) is 0 Å². The Morgan fingerprint density at radius 1 is 1.19 bits per heavy atom. The molecule has 0 saturated heterocycles. The van der Waals surface area contributed by atoms with Crippen molar-refractivity contribution in [2.75, 3.05) is 30.4 Å². The van der Waals surface area contributed by atoms with Gasteiger partial charge in [0.25, 0.3) is 0 Å². The number of ether oxygens (including phenoxy) is 1. The first-order valence-electron chi connectivity index (χ1n) is 8.21. The fraction of sp³-hybridized carbons (Fsp3) is 0.353. The van der Waals surface area contributed by atoms with Gasteiger partial charge in [0.15, 0.2) is 5.65 Å². The van der Waals surface area contributed by atoms with Gasteiger partial charge < -0.3 is 15.4 Å². The number of aryl methyl sites for hydroxylation is 1. The van der Waals surface area contributed by atoms with Crippen molar-refractivity contribution in [2.24, 2.45) is 7.05 Å². The molecule has 0 bridgehead atoms. The molecule has 0 aliphatic carbocycles. The number of aromatic nitrogens is 4. The molecule has 3 aromatic rings. The first kappa shape index (κ1) is 20.2. The molecule has 0 amide bonds. The quantitative estimate of drug-likeness (QED) is 0.559. The Labute approximate surface area is 163 Å². The van der Waals surface area contributed by atoms with Gasteiger partial charge >= 0.3 is 0 Å². The van der Waals surface area contributed by atoms with Crippen molar-refractivity contribution in [3.8, 4) is 0 Å². The molecule has 0 aliphatic heterocycles. The minimum atomic E-state index is 0. The minimum Gasteiger partial charge on any atom is -0.382 e. The Morgan fingerprint density at radius 2 is 1.96 bits per heavy atom. The van der Waals surface area contributed by atoms with Crippen LogP contribution in [-0.4, -0.2) is 39.5 Å². The summed E-state index contributed by atoms with van der Waals surface area (Å²) in [6.07, 6.45) is 2.65. The summed E-state index contributed by atoms with van der Waals surface area (Å²) in [4.78, 5) is 9.13. The van der Waals surface area contributed by atoms with E-state index >= 15 is 0 Å². The third-order valence-electron chi connectivity index (χ3n) is 3.65. The molecule has 140 valence electrons. The fourth-order valence-corrected chi connectivity index (χ4v) is 2.51. The third-order valence-corrected chi connectivity index (χ3v) is 3.90. The Hall–Kier alpha value is -2.09. The van der Waals surface area contributed by atoms with Crippen LogP contribution in [0, 0.1) is 0 Å². The number of fused-ring (bicyclic) bond motifs is 1. The second-order valence-electron chi connectivity index (χ2n) is 5.51. The number of hydrogen-bond donors (Lipinski definition) is 2. The molecular formula is C17H22Cl2N6O. The van der Waals surface area contributed by atoms with E-state index in [1.807, 2.05) is 38.2 Å². The van der Waals surface area contributed by atoms with Crippen LogP contribution in [0.4, 0.5) is 17.5 Å². The molecule has 0 fully saturated rings. The standard InChI is InChI=1S/C17H21ClN6O.ClH/c1-3-25-10-4-9-19-17-22-15(14-11-20-24(2)16(14)23-17)21-13-7-5-12(18)6-8-13;/h5-8,11H,3-4,9-10H2,1-2H3,(H2,19,21,22,23);1H. The average molecular weight is 397 g/mol. The summed E-state index contributed by atoms with van der Waals surface area (Å²) >= 11 is 5.94. The van der Waals surface area contributed by atoms with Crippen LogP contribution < -0.4 is 10.6 Å². The Balaban J connectivity index is 0.00000243. The molecule has 2 aromatic heterocycles. The van der Waals surface area contributed by atoms with Gasteiger partial charge in [0.05, 0.1) is 11.6 Å². The van der Waals surface area contributed by atoms with Crippen molar-refractivity contribution >= 4 is 52.5 Å². The van der Waals surface area contributed by atoms with Crippen molar-refractivity contribution in [1.29, 1.82) is 0 Å². The summed E-state index contributed by atoms with van der Waals surface area (Å²) in [6, 6.07) is 7.47. The van der Waals surface area contributed by atoms with Crippen LogP contribution in [0.1, 0.15) is 13.3 Å². The van der Waals surface area contributed by atoms with Crippen LogP contribution in [0.2, 0.25) is 5.02 Å². The molecular weight excluding hydrogens is 375 g/mol. The molecule has 0 spiro atoms. The van der Waals surface area contributed by atoms with E-state index in [0.717, 1.165) is 36.3 Å². The number of anilines is 3. The first-order chi connectivity index (χ1) is 12.2. The van der Waals surface area contributed by atoms with Gasteiger partial charge in [-0.3, -0.25) is 4.68 Å². The monoisotopic (exact) mass is 396 g/mol. The van der Waals surface area contributed by atoms with E-state index in [4.69, 9.17) is 16.3 Å². The normalized spacial score (nSPS) is 10.6. The predicted octanol–water partition coefficient (Wildman–Crippen LogP) is 4.02. The molecule has 2 heterocycles. The lowest BCUT2D eigenvalue weighted by atomic mass is 10.3. The summed E-state index contributed by atoms with van der Waals surface area (Å²) in [5.74, 6) is 1.26. The highest BCUT2D eigenvalue weighted by Gasteiger charge is 2.11. The second kappa shape index (κ2) is 9.56. The molecule has 26 heavy (non-hydrogen) atoms. The maximum atomic E-state index is 5.94. The summed E-state index contributed by atoms with van der Waals surface area (Å²) < 4.78 is 7.07. The van der Waals surface area contributed by atoms with Crippen molar-refractivity contribution < 1.29 is 4.74 Å². The third kappa shape index (κ3) is 4.97. The number of rotatable bonds is 8. The van der Waals surface area contributed by atoms with E-state index in [2.05, 4.69) is 25.7 Å². The Morgan fingerprint density at radius 3 is 2.69 bits per heavy atom. The van der Waals surface area contributed by atoms with E-state index < -0.39 is 0 Å². The SMILES string of the molecule is CCOCCCNc1nc(Nc2ccc(Cl)cc2)c2cnn(C)c2n1.Cl. The number of hydrogen-bond acceptors (Lipinski definition) is 6. The zero-order valence-electron chi connectivity index (χ0n) is 14.7. The molecule has 2 N–H and O–H groups in total. The average Bonchev–Trinajstić information content (AvgIpc) is 2.98. The maximum absolute atomic E-state index is 5.94. The van der Waals surface area contributed by atoms with Crippen LogP contribution in [0.25, 0.3) is 11.0 Å². The van der Waals surface area contributed by atoms with Gasteiger partial charge in [-0.2, -0.15) is 15.1 Å². The van der Waals surface area contributed by atoms with E-state index in [0.29, 0.717) is 23.4 Å². The van der Waals surface area contributed by atoms with Gasteiger partial charge in [-0.15, -0.1) is 12.4 Å². The maximum Gasteiger partial charge on any atom is 0.226 e. The van der Waals surface area contributed by atoms with Crippen LogP contribution in [-0.2, 0) is 11.8 Å². The van der Waals surface area contributed by atoms with E-state index in [1.54, 1.807) is 10.9 Å². The van der Waals surface area contributed by atoms with Gasteiger partial charge in [-0.1, -0.05) is 11.6 Å². The summed E-state index contributed by atoms with van der Waals surface area (Å²) in [7, 11) is 1.86. The van der Waals surface area contributed by atoms with Gasteiger partial charge in [-0.25, -0.2) is 0 Å². The minimum absolute atomic E-state index is 0. The molecule has 1 aromatic carbocycles. The highest BCUT2D eigenvalue weighted by molar-refractivity contribution is 6.30. The van der Waals surface area contributed by atoms with Gasteiger partial charge in [-0.05, 0) is 37.6 Å². The van der Waals surface area contributed by atoms with E-state index in [-0.39, 0.29) is 12.4 Å². The van der Waals surface area contributed by atoms with Gasteiger partial charge in [0.1, 0.15) is 5.82 Å². The Kier molecular flexibility index (Phi) is 7.44. The molecule has 0 unspecified atom stereocenters. The number of benzene rings is 1. The predicted molar refractivity (Wildman–Crippen MR) is 108 cm³/mol. The lowest BCUT2D eigenvalue weighted by Gasteiger charge is -2.10. The molecule has 0 saturated carbocycles. The fourth-order valence-electron chi connectivity index (χ4n) is 2.39. The molecule has 0 atom stereocenters. The molecule has 9 heteroatoms. The van der Waals surface area contributed by atoms with Gasteiger partial charge in [0, 0.05) is 37.5 Å². The topological polar surface area (TPSA) is 76.9 Å². The molecule has 3 rings (SSSR count). The van der Waals surface area contributed by atoms with Gasteiger partial charge in [0.2, 0.25) is 5.95 Å². The zero-order chi connectivity index (χ0) is 17.6.